The predicted molar refractivity (Wildman–Crippen MR) is 67.6 cm³/mol. The summed E-state index contributed by atoms with van der Waals surface area (Å²) in [7, 11) is 0. The number of aromatic nitrogens is 2. The van der Waals surface area contributed by atoms with Gasteiger partial charge in [0.05, 0.1) is 13.2 Å². The first-order valence-electron chi connectivity index (χ1n) is 5.75. The number of nitrogens with one attached hydrogen (secondary N) is 2. The second-order valence-electron chi connectivity index (χ2n) is 4.13. The molecule has 1 unspecified atom stereocenters. The smallest absolute Gasteiger partial charge is 0.231 e. The minimum atomic E-state index is -0.153. The molecule has 0 bridgehead atoms. The Balaban J connectivity index is 1.89. The van der Waals surface area contributed by atoms with E-state index in [0.29, 0.717) is 30.5 Å². The van der Waals surface area contributed by atoms with Crippen LogP contribution >= 0.6 is 11.6 Å². The van der Waals surface area contributed by atoms with E-state index in [-0.39, 0.29) is 17.9 Å². The fourth-order valence-electron chi connectivity index (χ4n) is 1.74. The molecule has 1 amide bonds. The third-order valence-corrected chi connectivity index (χ3v) is 2.70. The minimum absolute atomic E-state index is 0.0408. The van der Waals surface area contributed by atoms with E-state index in [9.17, 15) is 4.79 Å². The largest absolute Gasteiger partial charge is 0.378 e. The average molecular weight is 271 g/mol. The number of morpholine rings is 1. The van der Waals surface area contributed by atoms with E-state index < -0.39 is 0 Å². The number of carbonyl (C=O) groups excluding carboxylic acids is 1. The topological polar surface area (TPSA) is 76.1 Å². The number of ether oxygens (including phenoxy) is 1. The van der Waals surface area contributed by atoms with Gasteiger partial charge in [-0.3, -0.25) is 10.1 Å². The lowest BCUT2D eigenvalue weighted by atomic mass is 10.2. The SMILES string of the molecule is Cc1cc(Cl)nc(NC(=O)CC2COCCN2)n1. The molecule has 2 N–H and O–H groups in total. The first-order chi connectivity index (χ1) is 8.63. The summed E-state index contributed by atoms with van der Waals surface area (Å²) < 4.78 is 5.28. The predicted octanol–water partition coefficient (Wildman–Crippen LogP) is 0.755. The van der Waals surface area contributed by atoms with Crippen molar-refractivity contribution < 1.29 is 9.53 Å². The van der Waals surface area contributed by atoms with Crippen molar-refractivity contribution in [2.24, 2.45) is 0 Å². The molecule has 1 aliphatic heterocycles. The van der Waals surface area contributed by atoms with Crippen LogP contribution in [-0.2, 0) is 9.53 Å². The Bertz CT molecular complexity index is 415. The Kier molecular flexibility index (Phi) is 4.46. The van der Waals surface area contributed by atoms with Gasteiger partial charge in [-0.05, 0) is 13.0 Å². The van der Waals surface area contributed by atoms with Crippen LogP contribution in [0.3, 0.4) is 0 Å². The number of rotatable bonds is 3. The van der Waals surface area contributed by atoms with E-state index in [2.05, 4.69) is 20.6 Å². The molecule has 2 rings (SSSR count). The van der Waals surface area contributed by atoms with E-state index in [1.54, 1.807) is 13.0 Å². The van der Waals surface area contributed by atoms with Gasteiger partial charge in [-0.1, -0.05) is 11.6 Å². The molecule has 1 fully saturated rings. The zero-order chi connectivity index (χ0) is 13.0. The zero-order valence-corrected chi connectivity index (χ0v) is 10.8. The van der Waals surface area contributed by atoms with Gasteiger partial charge in [0.15, 0.2) is 0 Å². The number of amides is 1. The van der Waals surface area contributed by atoms with E-state index in [1.807, 2.05) is 0 Å². The van der Waals surface area contributed by atoms with Gasteiger partial charge >= 0.3 is 0 Å². The van der Waals surface area contributed by atoms with Crippen LogP contribution < -0.4 is 10.6 Å². The number of aryl methyl sites for hydroxylation is 1. The van der Waals surface area contributed by atoms with Gasteiger partial charge in [0.1, 0.15) is 5.15 Å². The van der Waals surface area contributed by atoms with Gasteiger partial charge in [-0.25, -0.2) is 9.97 Å². The summed E-state index contributed by atoms with van der Waals surface area (Å²) in [5.74, 6) is 0.0846. The molecular formula is C11H15ClN4O2. The monoisotopic (exact) mass is 270 g/mol. The van der Waals surface area contributed by atoms with Crippen LogP contribution in [-0.4, -0.2) is 41.7 Å². The Labute approximate surface area is 110 Å². The summed E-state index contributed by atoms with van der Waals surface area (Å²) in [5.41, 5.74) is 0.712. The number of hydrogen-bond donors (Lipinski definition) is 2. The molecule has 98 valence electrons. The lowest BCUT2D eigenvalue weighted by Crippen LogP contribution is -2.43. The van der Waals surface area contributed by atoms with Gasteiger partial charge in [-0.2, -0.15) is 0 Å². The molecule has 7 heteroatoms. The van der Waals surface area contributed by atoms with E-state index in [1.165, 1.54) is 0 Å². The molecule has 1 atom stereocenters. The van der Waals surface area contributed by atoms with E-state index in [4.69, 9.17) is 16.3 Å². The molecule has 6 nitrogen and oxygen atoms in total. The maximum Gasteiger partial charge on any atom is 0.231 e. The third kappa shape index (κ3) is 3.90. The lowest BCUT2D eigenvalue weighted by molar-refractivity contribution is -0.117. The zero-order valence-electron chi connectivity index (χ0n) is 10.1. The summed E-state index contributed by atoms with van der Waals surface area (Å²) in [5, 5.41) is 6.15. The first kappa shape index (κ1) is 13.2. The van der Waals surface area contributed by atoms with Crippen LogP contribution in [0.25, 0.3) is 0 Å². The summed E-state index contributed by atoms with van der Waals surface area (Å²) in [6.07, 6.45) is 0.328. The Morgan fingerprint density at radius 2 is 2.50 bits per heavy atom. The molecular weight excluding hydrogens is 256 g/mol. The van der Waals surface area contributed by atoms with E-state index >= 15 is 0 Å². The Morgan fingerprint density at radius 3 is 3.17 bits per heavy atom. The van der Waals surface area contributed by atoms with Crippen molar-refractivity contribution in [2.45, 2.75) is 19.4 Å². The molecule has 18 heavy (non-hydrogen) atoms. The normalized spacial score (nSPS) is 19.6. The highest BCUT2D eigenvalue weighted by Gasteiger charge is 2.17. The van der Waals surface area contributed by atoms with Crippen molar-refractivity contribution in [3.8, 4) is 0 Å². The first-order valence-corrected chi connectivity index (χ1v) is 6.13. The highest BCUT2D eigenvalue weighted by molar-refractivity contribution is 6.29. The van der Waals surface area contributed by atoms with Crippen LogP contribution in [0.15, 0.2) is 6.07 Å². The van der Waals surface area contributed by atoms with Gasteiger partial charge in [0.2, 0.25) is 11.9 Å². The number of nitrogens with zero attached hydrogens (tertiary/aromatic N) is 2. The summed E-state index contributed by atoms with van der Waals surface area (Å²) in [6, 6.07) is 1.67. The quantitative estimate of drug-likeness (QED) is 0.793. The van der Waals surface area contributed by atoms with Crippen molar-refractivity contribution >= 4 is 23.5 Å². The van der Waals surface area contributed by atoms with Gasteiger partial charge in [0.25, 0.3) is 0 Å². The van der Waals surface area contributed by atoms with Crippen LogP contribution in [0.4, 0.5) is 5.95 Å². The average Bonchev–Trinajstić information content (AvgIpc) is 2.28. The summed E-state index contributed by atoms with van der Waals surface area (Å²) >= 11 is 5.79. The highest BCUT2D eigenvalue weighted by atomic mass is 35.5. The minimum Gasteiger partial charge on any atom is -0.378 e. The van der Waals surface area contributed by atoms with Crippen LogP contribution in [0, 0.1) is 6.92 Å². The maximum atomic E-state index is 11.8. The number of hydrogen-bond acceptors (Lipinski definition) is 5. The van der Waals surface area contributed by atoms with Crippen molar-refractivity contribution in [3.05, 3.63) is 16.9 Å². The summed E-state index contributed by atoms with van der Waals surface area (Å²) in [6.45, 7) is 3.79. The van der Waals surface area contributed by atoms with Crippen molar-refractivity contribution in [1.82, 2.24) is 15.3 Å². The molecule has 0 spiro atoms. The van der Waals surface area contributed by atoms with E-state index in [0.717, 1.165) is 6.54 Å². The molecule has 0 radical (unpaired) electrons. The molecule has 0 aliphatic carbocycles. The Morgan fingerprint density at radius 1 is 1.67 bits per heavy atom. The number of halogens is 1. The van der Waals surface area contributed by atoms with Gasteiger partial charge in [0, 0.05) is 24.7 Å². The molecule has 1 aromatic rings. The second-order valence-corrected chi connectivity index (χ2v) is 4.52. The molecule has 1 aliphatic rings. The molecule has 1 saturated heterocycles. The van der Waals surface area contributed by atoms with Crippen LogP contribution in [0.5, 0.6) is 0 Å². The molecule has 0 saturated carbocycles. The van der Waals surface area contributed by atoms with Crippen molar-refractivity contribution in [1.29, 1.82) is 0 Å². The Hall–Kier alpha value is -1.24. The fourth-order valence-corrected chi connectivity index (χ4v) is 1.97. The second kappa shape index (κ2) is 6.08. The standard InChI is InChI=1S/C11H15ClN4O2/c1-7-4-9(12)15-11(14-7)16-10(17)5-8-6-18-3-2-13-8/h4,8,13H,2-3,5-6H2,1H3,(H,14,15,16,17). The number of carbonyl (C=O) groups is 1. The fraction of sp³-hybridized carbons (Fsp3) is 0.545. The van der Waals surface area contributed by atoms with Crippen LogP contribution in [0.1, 0.15) is 12.1 Å². The van der Waals surface area contributed by atoms with Gasteiger partial charge < -0.3 is 10.1 Å². The maximum absolute atomic E-state index is 11.8. The molecule has 1 aromatic heterocycles. The number of anilines is 1. The lowest BCUT2D eigenvalue weighted by Gasteiger charge is -2.23. The van der Waals surface area contributed by atoms with Crippen LogP contribution in [0.2, 0.25) is 5.15 Å². The van der Waals surface area contributed by atoms with Gasteiger partial charge in [-0.15, -0.1) is 0 Å². The van der Waals surface area contributed by atoms with Crippen molar-refractivity contribution in [3.63, 3.8) is 0 Å². The summed E-state index contributed by atoms with van der Waals surface area (Å²) in [4.78, 5) is 19.8. The third-order valence-electron chi connectivity index (χ3n) is 2.50. The molecule has 2 heterocycles. The molecule has 0 aromatic carbocycles. The van der Waals surface area contributed by atoms with Crippen molar-refractivity contribution in [2.75, 3.05) is 25.1 Å². The highest BCUT2D eigenvalue weighted by Crippen LogP contribution is 2.10.